The van der Waals surface area contributed by atoms with Gasteiger partial charge in [0, 0.05) is 28.7 Å². The average Bonchev–Trinajstić information content (AvgIpc) is 2.65. The summed E-state index contributed by atoms with van der Waals surface area (Å²) in [6.07, 6.45) is 2.88. The van der Waals surface area contributed by atoms with Crippen molar-refractivity contribution in [3.63, 3.8) is 0 Å². The molecule has 2 aromatic rings. The van der Waals surface area contributed by atoms with Crippen molar-refractivity contribution in [2.24, 2.45) is 0 Å². The fraction of sp³-hybridized carbons (Fsp3) is 0.0526. The minimum atomic E-state index is -0.537. The smallest absolute Gasteiger partial charge is 0.270 e. The average molecular weight is 430 g/mol. The van der Waals surface area contributed by atoms with Gasteiger partial charge in [-0.3, -0.25) is 19.7 Å². The molecule has 0 bridgehead atoms. The topological polar surface area (TPSA) is 101 Å². The fourth-order valence-electron chi connectivity index (χ4n) is 2.14. The lowest BCUT2D eigenvalue weighted by molar-refractivity contribution is -0.384. The zero-order valence-electron chi connectivity index (χ0n) is 14.1. The number of amides is 2. The largest absolute Gasteiger partial charge is 0.347 e. The number of nitro groups is 1. The van der Waals surface area contributed by atoms with Crippen LogP contribution in [-0.2, 0) is 4.79 Å². The quantitative estimate of drug-likeness (QED) is 0.304. The predicted octanol–water partition coefficient (Wildman–Crippen LogP) is 3.43. The number of benzene rings is 2. The monoisotopic (exact) mass is 429 g/mol. The first kappa shape index (κ1) is 20.1. The first-order valence-corrected chi connectivity index (χ1v) is 8.62. The van der Waals surface area contributed by atoms with Crippen LogP contribution < -0.4 is 10.6 Å². The molecule has 0 saturated carbocycles. The van der Waals surface area contributed by atoms with E-state index in [9.17, 15) is 19.7 Å². The number of nitrogens with zero attached hydrogens (tertiary/aromatic N) is 1. The van der Waals surface area contributed by atoms with E-state index < -0.39 is 16.7 Å². The molecule has 138 valence electrons. The van der Waals surface area contributed by atoms with Crippen LogP contribution in [-0.4, -0.2) is 23.3 Å². The summed E-state index contributed by atoms with van der Waals surface area (Å²) in [4.78, 5) is 35.2. The van der Waals surface area contributed by atoms with Gasteiger partial charge in [-0.15, -0.1) is 6.58 Å². The Kier molecular flexibility index (Phi) is 7.01. The molecule has 27 heavy (non-hydrogen) atoms. The lowest BCUT2D eigenvalue weighted by atomic mass is 10.1. The Morgan fingerprint density at radius 2 is 1.93 bits per heavy atom. The molecule has 0 aromatic heterocycles. The number of hydrogen-bond acceptors (Lipinski definition) is 4. The Bertz CT molecular complexity index is 925. The molecule has 0 unspecified atom stereocenters. The van der Waals surface area contributed by atoms with Crippen LogP contribution in [0.15, 0.2) is 71.4 Å². The summed E-state index contributed by atoms with van der Waals surface area (Å²) in [6, 6.07) is 12.4. The number of hydrogen-bond donors (Lipinski definition) is 2. The van der Waals surface area contributed by atoms with E-state index in [0.717, 1.165) is 4.47 Å². The van der Waals surface area contributed by atoms with Crippen LogP contribution >= 0.6 is 15.9 Å². The second-order valence-electron chi connectivity index (χ2n) is 5.37. The minimum absolute atomic E-state index is 0.0395. The Balaban J connectivity index is 2.34. The third-order valence-corrected chi connectivity index (χ3v) is 3.87. The third kappa shape index (κ3) is 5.89. The van der Waals surface area contributed by atoms with Gasteiger partial charge in [0.05, 0.1) is 4.92 Å². The van der Waals surface area contributed by atoms with Crippen LogP contribution in [0.25, 0.3) is 6.08 Å². The van der Waals surface area contributed by atoms with Gasteiger partial charge < -0.3 is 10.6 Å². The highest BCUT2D eigenvalue weighted by molar-refractivity contribution is 9.10. The highest BCUT2D eigenvalue weighted by Crippen LogP contribution is 2.16. The first-order valence-electron chi connectivity index (χ1n) is 7.83. The van der Waals surface area contributed by atoms with Crippen molar-refractivity contribution >= 4 is 39.5 Å². The van der Waals surface area contributed by atoms with Crippen molar-refractivity contribution in [1.82, 2.24) is 10.6 Å². The summed E-state index contributed by atoms with van der Waals surface area (Å²) in [6.45, 7) is 3.73. The van der Waals surface area contributed by atoms with Crippen LogP contribution in [0, 0.1) is 10.1 Å². The number of nitro benzene ring substituents is 1. The molecule has 0 aliphatic heterocycles. The molecule has 0 radical (unpaired) electrons. The second kappa shape index (κ2) is 9.44. The lowest BCUT2D eigenvalue weighted by Gasteiger charge is -2.10. The Hall–Kier alpha value is -3.26. The van der Waals surface area contributed by atoms with Crippen LogP contribution in [0.4, 0.5) is 5.69 Å². The van der Waals surface area contributed by atoms with E-state index in [0.29, 0.717) is 11.1 Å². The maximum atomic E-state index is 12.5. The maximum absolute atomic E-state index is 12.5. The van der Waals surface area contributed by atoms with Crippen molar-refractivity contribution in [1.29, 1.82) is 0 Å². The molecule has 0 heterocycles. The number of halogens is 1. The van der Waals surface area contributed by atoms with Gasteiger partial charge in [-0.1, -0.05) is 40.2 Å². The van der Waals surface area contributed by atoms with E-state index in [1.807, 2.05) is 0 Å². The lowest BCUT2D eigenvalue weighted by Crippen LogP contribution is -2.34. The summed E-state index contributed by atoms with van der Waals surface area (Å²) in [5.41, 5.74) is 0.601. The molecule has 0 saturated heterocycles. The summed E-state index contributed by atoms with van der Waals surface area (Å²) in [7, 11) is 0. The Morgan fingerprint density at radius 3 is 2.59 bits per heavy atom. The van der Waals surface area contributed by atoms with E-state index in [2.05, 4.69) is 33.1 Å². The van der Waals surface area contributed by atoms with Crippen molar-refractivity contribution in [2.75, 3.05) is 6.54 Å². The van der Waals surface area contributed by atoms with Gasteiger partial charge in [-0.05, 0) is 29.8 Å². The molecule has 0 aliphatic carbocycles. The minimum Gasteiger partial charge on any atom is -0.347 e. The summed E-state index contributed by atoms with van der Waals surface area (Å²) < 4.78 is 0.718. The zero-order valence-corrected chi connectivity index (χ0v) is 15.7. The number of rotatable bonds is 7. The van der Waals surface area contributed by atoms with Crippen molar-refractivity contribution in [2.45, 2.75) is 0 Å². The molecule has 0 aliphatic rings. The van der Waals surface area contributed by atoms with Crippen molar-refractivity contribution in [3.05, 3.63) is 92.6 Å². The molecule has 0 atom stereocenters. The van der Waals surface area contributed by atoms with Gasteiger partial charge >= 0.3 is 0 Å². The van der Waals surface area contributed by atoms with Crippen molar-refractivity contribution in [3.8, 4) is 0 Å². The molecule has 2 N–H and O–H groups in total. The van der Waals surface area contributed by atoms with Gasteiger partial charge in [-0.2, -0.15) is 0 Å². The van der Waals surface area contributed by atoms with Crippen LogP contribution in [0.1, 0.15) is 15.9 Å². The molecule has 2 rings (SSSR count). The van der Waals surface area contributed by atoms with Crippen molar-refractivity contribution < 1.29 is 14.5 Å². The highest BCUT2D eigenvalue weighted by atomic mass is 79.9. The number of carbonyl (C=O) groups excluding carboxylic acids is 2. The van der Waals surface area contributed by atoms with Gasteiger partial charge in [-0.25, -0.2) is 0 Å². The standard InChI is InChI=1S/C19H16BrN3O4/c1-2-9-21-19(25)17(11-13-5-3-8-16(10-13)23(26)27)22-18(24)14-6-4-7-15(20)12-14/h2-8,10-12H,1,9H2,(H,21,25)(H,22,24)/b17-11-. The summed E-state index contributed by atoms with van der Waals surface area (Å²) in [5.74, 6) is -1.02. The number of nitrogens with one attached hydrogen (secondary N) is 2. The Morgan fingerprint density at radius 1 is 1.19 bits per heavy atom. The molecule has 8 heteroatoms. The molecule has 0 spiro atoms. The van der Waals surface area contributed by atoms with Crippen LogP contribution in [0.5, 0.6) is 0 Å². The normalized spacial score (nSPS) is 10.8. The van der Waals surface area contributed by atoms with E-state index in [1.165, 1.54) is 30.4 Å². The predicted molar refractivity (Wildman–Crippen MR) is 106 cm³/mol. The van der Waals surface area contributed by atoms with E-state index >= 15 is 0 Å². The second-order valence-corrected chi connectivity index (χ2v) is 6.29. The van der Waals surface area contributed by atoms with Gasteiger partial charge in [0.1, 0.15) is 5.70 Å². The van der Waals surface area contributed by atoms with Gasteiger partial charge in [0.2, 0.25) is 0 Å². The fourth-order valence-corrected chi connectivity index (χ4v) is 2.54. The summed E-state index contributed by atoms with van der Waals surface area (Å²) in [5, 5.41) is 16.1. The van der Waals surface area contributed by atoms with E-state index in [1.54, 1.807) is 30.3 Å². The highest BCUT2D eigenvalue weighted by Gasteiger charge is 2.15. The van der Waals surface area contributed by atoms with Crippen LogP contribution in [0.3, 0.4) is 0 Å². The molecule has 7 nitrogen and oxygen atoms in total. The van der Waals surface area contributed by atoms with E-state index in [-0.39, 0.29) is 17.9 Å². The molecule has 0 fully saturated rings. The third-order valence-electron chi connectivity index (χ3n) is 3.38. The SMILES string of the molecule is C=CCNC(=O)/C(=C/c1cccc([N+](=O)[O-])c1)NC(=O)c1cccc(Br)c1. The number of non-ortho nitro benzene ring substituents is 1. The molecule has 2 aromatic carbocycles. The Labute approximate surface area is 164 Å². The summed E-state index contributed by atoms with van der Waals surface area (Å²) >= 11 is 3.29. The molecule has 2 amide bonds. The molecular formula is C19H16BrN3O4. The van der Waals surface area contributed by atoms with Gasteiger partial charge in [0.15, 0.2) is 0 Å². The van der Waals surface area contributed by atoms with Crippen LogP contribution in [0.2, 0.25) is 0 Å². The maximum Gasteiger partial charge on any atom is 0.270 e. The molecular weight excluding hydrogens is 414 g/mol. The zero-order chi connectivity index (χ0) is 19.8. The van der Waals surface area contributed by atoms with Gasteiger partial charge in [0.25, 0.3) is 17.5 Å². The number of carbonyl (C=O) groups is 2. The first-order chi connectivity index (χ1) is 12.9. The van der Waals surface area contributed by atoms with E-state index in [4.69, 9.17) is 0 Å².